The molecule has 2 rings (SSSR count). The number of aromatic hydroxyl groups is 1. The standard InChI is InChI=1S/C11H13NO3/c1-7-4-8(2-3-10(7)14)9-6-15-11(5-13)12-9/h2-5,9,11-12,14H,6H2,1H3. The van der Waals surface area contributed by atoms with Crippen molar-refractivity contribution >= 4 is 6.29 Å². The minimum atomic E-state index is -0.510. The molecule has 1 aliphatic heterocycles. The summed E-state index contributed by atoms with van der Waals surface area (Å²) in [4.78, 5) is 10.5. The van der Waals surface area contributed by atoms with Gasteiger partial charge in [0.15, 0.2) is 12.5 Å². The second-order valence-electron chi connectivity index (χ2n) is 3.66. The van der Waals surface area contributed by atoms with Crippen molar-refractivity contribution in [2.75, 3.05) is 6.61 Å². The number of hydrogen-bond acceptors (Lipinski definition) is 4. The van der Waals surface area contributed by atoms with Crippen LogP contribution < -0.4 is 5.32 Å². The number of benzene rings is 1. The Morgan fingerprint density at radius 2 is 2.40 bits per heavy atom. The number of carbonyl (C=O) groups is 1. The van der Waals surface area contributed by atoms with Gasteiger partial charge in [-0.3, -0.25) is 10.1 Å². The Hall–Kier alpha value is -1.39. The summed E-state index contributed by atoms with van der Waals surface area (Å²) >= 11 is 0. The van der Waals surface area contributed by atoms with Crippen LogP contribution in [-0.2, 0) is 9.53 Å². The first-order chi connectivity index (χ1) is 7.20. The Labute approximate surface area is 87.9 Å². The van der Waals surface area contributed by atoms with Crippen LogP contribution in [0.4, 0.5) is 0 Å². The van der Waals surface area contributed by atoms with Gasteiger partial charge in [0.05, 0.1) is 12.6 Å². The molecule has 4 nitrogen and oxygen atoms in total. The molecular formula is C11H13NO3. The lowest BCUT2D eigenvalue weighted by Crippen LogP contribution is -2.26. The maximum Gasteiger partial charge on any atom is 0.165 e. The van der Waals surface area contributed by atoms with Gasteiger partial charge in [0.1, 0.15) is 5.75 Å². The minimum absolute atomic E-state index is 0.0273. The van der Waals surface area contributed by atoms with E-state index in [9.17, 15) is 9.90 Å². The molecule has 0 bridgehead atoms. The van der Waals surface area contributed by atoms with Crippen LogP contribution >= 0.6 is 0 Å². The lowest BCUT2D eigenvalue weighted by molar-refractivity contribution is -0.116. The van der Waals surface area contributed by atoms with E-state index in [1.54, 1.807) is 6.07 Å². The summed E-state index contributed by atoms with van der Waals surface area (Å²) in [5, 5.41) is 12.4. The fourth-order valence-electron chi connectivity index (χ4n) is 1.66. The summed E-state index contributed by atoms with van der Waals surface area (Å²) in [5.41, 5.74) is 1.85. The number of ether oxygens (including phenoxy) is 1. The predicted octanol–water partition coefficient (Wildman–Crippen LogP) is 0.887. The molecule has 0 spiro atoms. The van der Waals surface area contributed by atoms with Crippen LogP contribution in [0.5, 0.6) is 5.75 Å². The van der Waals surface area contributed by atoms with Crippen LogP contribution in [0.3, 0.4) is 0 Å². The maximum atomic E-state index is 10.5. The van der Waals surface area contributed by atoms with Gasteiger partial charge in [0.2, 0.25) is 0 Å². The molecule has 1 fully saturated rings. The van der Waals surface area contributed by atoms with E-state index < -0.39 is 6.23 Å². The van der Waals surface area contributed by atoms with E-state index in [-0.39, 0.29) is 11.8 Å². The largest absolute Gasteiger partial charge is 0.508 e. The monoisotopic (exact) mass is 207 g/mol. The van der Waals surface area contributed by atoms with Gasteiger partial charge in [-0.25, -0.2) is 0 Å². The molecule has 2 N–H and O–H groups in total. The molecule has 1 aliphatic rings. The molecule has 0 amide bonds. The van der Waals surface area contributed by atoms with Crippen LogP contribution in [0.25, 0.3) is 0 Å². The SMILES string of the molecule is Cc1cc(C2COC(C=O)N2)ccc1O. The number of carbonyl (C=O) groups excluding carboxylic acids is 1. The summed E-state index contributed by atoms with van der Waals surface area (Å²) in [7, 11) is 0. The Bertz CT molecular complexity index is 378. The number of phenols is 1. The first kappa shape index (κ1) is 10.1. The molecule has 0 aliphatic carbocycles. The Kier molecular flexibility index (Phi) is 2.70. The first-order valence-electron chi connectivity index (χ1n) is 4.83. The molecule has 0 radical (unpaired) electrons. The van der Waals surface area contributed by atoms with Crippen LogP contribution in [0, 0.1) is 6.92 Å². The fourth-order valence-corrected chi connectivity index (χ4v) is 1.66. The lowest BCUT2D eigenvalue weighted by Gasteiger charge is -2.10. The quantitative estimate of drug-likeness (QED) is 0.707. The van der Waals surface area contributed by atoms with Crippen LogP contribution in [0.15, 0.2) is 18.2 Å². The topological polar surface area (TPSA) is 58.6 Å². The first-order valence-corrected chi connectivity index (χ1v) is 4.83. The van der Waals surface area contributed by atoms with Gasteiger partial charge in [-0.2, -0.15) is 0 Å². The molecule has 80 valence electrons. The zero-order valence-corrected chi connectivity index (χ0v) is 8.43. The van der Waals surface area contributed by atoms with Crippen molar-refractivity contribution in [3.63, 3.8) is 0 Å². The molecule has 1 aromatic carbocycles. The number of phenolic OH excluding ortho intramolecular Hbond substituents is 1. The zero-order chi connectivity index (χ0) is 10.8. The minimum Gasteiger partial charge on any atom is -0.508 e. The van der Waals surface area contributed by atoms with Crippen molar-refractivity contribution in [1.29, 1.82) is 0 Å². The number of aryl methyl sites for hydroxylation is 1. The second-order valence-corrected chi connectivity index (χ2v) is 3.66. The summed E-state index contributed by atoms with van der Waals surface area (Å²) in [6.07, 6.45) is 0.233. The number of rotatable bonds is 2. The maximum absolute atomic E-state index is 10.5. The van der Waals surface area contributed by atoms with Gasteiger partial charge in [-0.15, -0.1) is 0 Å². The van der Waals surface area contributed by atoms with Crippen molar-refractivity contribution in [1.82, 2.24) is 5.32 Å². The van der Waals surface area contributed by atoms with Gasteiger partial charge in [-0.1, -0.05) is 12.1 Å². The smallest absolute Gasteiger partial charge is 0.165 e. The van der Waals surface area contributed by atoms with Crippen molar-refractivity contribution in [3.8, 4) is 5.75 Å². The molecule has 4 heteroatoms. The Morgan fingerprint density at radius 1 is 1.60 bits per heavy atom. The highest BCUT2D eigenvalue weighted by Crippen LogP contribution is 2.24. The van der Waals surface area contributed by atoms with Gasteiger partial charge in [-0.05, 0) is 24.1 Å². The van der Waals surface area contributed by atoms with E-state index in [1.165, 1.54) is 0 Å². The highest BCUT2D eigenvalue weighted by atomic mass is 16.5. The van der Waals surface area contributed by atoms with E-state index in [0.717, 1.165) is 17.4 Å². The third-order valence-electron chi connectivity index (χ3n) is 2.55. The molecule has 2 atom stereocenters. The van der Waals surface area contributed by atoms with E-state index in [4.69, 9.17) is 4.74 Å². The normalized spacial score (nSPS) is 25.4. The summed E-state index contributed by atoms with van der Waals surface area (Å²) in [5.74, 6) is 0.282. The van der Waals surface area contributed by atoms with Gasteiger partial charge in [0, 0.05) is 0 Å². The lowest BCUT2D eigenvalue weighted by atomic mass is 10.0. The van der Waals surface area contributed by atoms with Crippen molar-refractivity contribution in [3.05, 3.63) is 29.3 Å². The molecule has 1 saturated heterocycles. The van der Waals surface area contributed by atoms with Gasteiger partial charge >= 0.3 is 0 Å². The highest BCUT2D eigenvalue weighted by Gasteiger charge is 2.25. The molecular weight excluding hydrogens is 194 g/mol. The fraction of sp³-hybridized carbons (Fsp3) is 0.364. The molecule has 2 unspecified atom stereocenters. The Morgan fingerprint density at radius 3 is 3.00 bits per heavy atom. The summed E-state index contributed by atoms with van der Waals surface area (Å²) in [6, 6.07) is 5.40. The number of hydrogen-bond donors (Lipinski definition) is 2. The average molecular weight is 207 g/mol. The van der Waals surface area contributed by atoms with Crippen LogP contribution in [0.2, 0.25) is 0 Å². The average Bonchev–Trinajstić information content (AvgIpc) is 2.70. The highest BCUT2D eigenvalue weighted by molar-refractivity contribution is 5.56. The predicted molar refractivity (Wildman–Crippen MR) is 54.5 cm³/mol. The van der Waals surface area contributed by atoms with E-state index in [2.05, 4.69) is 5.32 Å². The summed E-state index contributed by atoms with van der Waals surface area (Å²) < 4.78 is 5.20. The van der Waals surface area contributed by atoms with Crippen LogP contribution in [0.1, 0.15) is 17.2 Å². The second kappa shape index (κ2) is 4.00. The molecule has 1 aromatic rings. The molecule has 0 saturated carbocycles. The Balaban J connectivity index is 2.17. The van der Waals surface area contributed by atoms with Gasteiger partial charge in [0.25, 0.3) is 0 Å². The number of nitrogens with one attached hydrogen (secondary N) is 1. The third-order valence-corrected chi connectivity index (χ3v) is 2.55. The molecule has 0 aromatic heterocycles. The third kappa shape index (κ3) is 2.00. The zero-order valence-electron chi connectivity index (χ0n) is 8.43. The van der Waals surface area contributed by atoms with Crippen molar-refractivity contribution in [2.24, 2.45) is 0 Å². The summed E-state index contributed by atoms with van der Waals surface area (Å²) in [6.45, 7) is 2.32. The molecule has 15 heavy (non-hydrogen) atoms. The van der Waals surface area contributed by atoms with Crippen molar-refractivity contribution in [2.45, 2.75) is 19.2 Å². The van der Waals surface area contributed by atoms with Gasteiger partial charge < -0.3 is 9.84 Å². The molecule has 1 heterocycles. The van der Waals surface area contributed by atoms with E-state index in [0.29, 0.717) is 6.61 Å². The van der Waals surface area contributed by atoms with E-state index >= 15 is 0 Å². The van der Waals surface area contributed by atoms with Crippen LogP contribution in [-0.4, -0.2) is 24.2 Å². The van der Waals surface area contributed by atoms with E-state index in [1.807, 2.05) is 19.1 Å². The van der Waals surface area contributed by atoms with Crippen molar-refractivity contribution < 1.29 is 14.6 Å². The number of aldehydes is 1.